The van der Waals surface area contributed by atoms with Crippen molar-refractivity contribution >= 4 is 28.6 Å². The fourth-order valence-corrected chi connectivity index (χ4v) is 2.67. The molecule has 0 radical (unpaired) electrons. The van der Waals surface area contributed by atoms with E-state index >= 15 is 0 Å². The zero-order chi connectivity index (χ0) is 15.9. The van der Waals surface area contributed by atoms with Crippen LogP contribution in [-0.2, 0) is 17.6 Å². The minimum Gasteiger partial charge on any atom is -0.483 e. The first-order valence-electron chi connectivity index (χ1n) is 7.27. The molecule has 118 valence electrons. The van der Waals surface area contributed by atoms with Crippen LogP contribution in [0.5, 0.6) is 5.75 Å². The van der Waals surface area contributed by atoms with Gasteiger partial charge in [0.25, 0.3) is 0 Å². The Morgan fingerprint density at radius 1 is 1.27 bits per heavy atom. The second-order valence-corrected chi connectivity index (χ2v) is 5.58. The molecule has 1 heterocycles. The van der Waals surface area contributed by atoms with Crippen LogP contribution in [0.1, 0.15) is 34.2 Å². The van der Waals surface area contributed by atoms with Gasteiger partial charge in [0.05, 0.1) is 6.61 Å². The van der Waals surface area contributed by atoms with E-state index in [2.05, 4.69) is 39.7 Å². The number of hydrogen-bond acceptors (Lipinski definition) is 3. The first kappa shape index (κ1) is 16.9. The number of carbonyl (C=O) groups is 1. The monoisotopic (exact) mass is 413 g/mol. The molecule has 1 aromatic carbocycles. The van der Waals surface area contributed by atoms with Gasteiger partial charge in [-0.25, -0.2) is 4.79 Å². The molecule has 0 unspecified atom stereocenters. The summed E-state index contributed by atoms with van der Waals surface area (Å²) in [5, 5.41) is 0. The first-order valence-corrected chi connectivity index (χ1v) is 8.80. The van der Waals surface area contributed by atoms with Gasteiger partial charge in [-0.2, -0.15) is 0 Å². The van der Waals surface area contributed by atoms with Crippen LogP contribution in [-0.4, -0.2) is 22.2 Å². The second-order valence-electron chi connectivity index (χ2n) is 4.95. The highest BCUT2D eigenvalue weighted by molar-refractivity contribution is 14.1. The molecule has 0 aliphatic carbocycles. The number of carbonyl (C=O) groups excluding carboxylic acids is 1. The summed E-state index contributed by atoms with van der Waals surface area (Å²) in [5.41, 5.74) is 3.91. The Balaban J connectivity index is 2.02. The van der Waals surface area contributed by atoms with Crippen LogP contribution < -0.4 is 4.74 Å². The third kappa shape index (κ3) is 4.50. The number of H-pyrrole nitrogens is 1. The summed E-state index contributed by atoms with van der Waals surface area (Å²) in [6, 6.07) is 10.0. The van der Waals surface area contributed by atoms with Gasteiger partial charge in [0.15, 0.2) is 0 Å². The van der Waals surface area contributed by atoms with Crippen molar-refractivity contribution in [2.75, 3.05) is 11.2 Å². The van der Waals surface area contributed by atoms with E-state index in [0.29, 0.717) is 16.9 Å². The summed E-state index contributed by atoms with van der Waals surface area (Å²) in [7, 11) is 0. The van der Waals surface area contributed by atoms with Gasteiger partial charge in [-0.05, 0) is 78.6 Å². The van der Waals surface area contributed by atoms with E-state index in [1.807, 2.05) is 25.1 Å². The maximum absolute atomic E-state index is 11.7. The number of nitrogens with one attached hydrogen (secondary N) is 1. The molecular weight excluding hydrogens is 393 g/mol. The molecule has 1 N–H and O–H groups in total. The molecule has 5 heteroatoms. The number of esters is 1. The predicted molar refractivity (Wildman–Crippen MR) is 94.9 cm³/mol. The maximum atomic E-state index is 11.7. The number of aromatic amines is 1. The number of alkyl halides is 1. The Labute approximate surface area is 144 Å². The molecule has 2 rings (SSSR count). The summed E-state index contributed by atoms with van der Waals surface area (Å²) in [5.74, 6) is 0.596. The van der Waals surface area contributed by atoms with E-state index in [1.54, 1.807) is 6.92 Å². The number of rotatable bonds is 7. The lowest BCUT2D eigenvalue weighted by atomic mass is 10.0. The molecule has 0 saturated heterocycles. The molecule has 2 aromatic rings. The molecular formula is C17H20INO3. The minimum atomic E-state index is -0.297. The lowest BCUT2D eigenvalue weighted by molar-refractivity contribution is 0.0520. The fraction of sp³-hybridized carbons (Fsp3) is 0.353. The quantitative estimate of drug-likeness (QED) is 0.423. The van der Waals surface area contributed by atoms with Crippen LogP contribution in [0.3, 0.4) is 0 Å². The number of benzene rings is 1. The lowest BCUT2D eigenvalue weighted by Gasteiger charge is -2.05. The molecule has 0 spiro atoms. The van der Waals surface area contributed by atoms with Crippen LogP contribution in [0, 0.1) is 6.92 Å². The minimum absolute atomic E-state index is 0.297. The van der Waals surface area contributed by atoms with Gasteiger partial charge in [-0.15, -0.1) is 0 Å². The second kappa shape index (κ2) is 8.22. The van der Waals surface area contributed by atoms with Gasteiger partial charge in [0.1, 0.15) is 16.1 Å². The highest BCUT2D eigenvalue weighted by atomic mass is 127. The van der Waals surface area contributed by atoms with Crippen molar-refractivity contribution < 1.29 is 14.3 Å². The molecule has 0 bridgehead atoms. The van der Waals surface area contributed by atoms with Crippen LogP contribution in [0.25, 0.3) is 0 Å². The van der Waals surface area contributed by atoms with Gasteiger partial charge < -0.3 is 14.5 Å². The van der Waals surface area contributed by atoms with Crippen molar-refractivity contribution in [1.82, 2.24) is 4.98 Å². The highest BCUT2D eigenvalue weighted by Crippen LogP contribution is 2.18. The van der Waals surface area contributed by atoms with Crippen molar-refractivity contribution in [3.8, 4) is 5.75 Å². The van der Waals surface area contributed by atoms with Crippen LogP contribution in [0.15, 0.2) is 30.3 Å². The number of halogens is 1. The molecule has 0 fully saturated rings. The summed E-state index contributed by atoms with van der Waals surface area (Å²) in [6.45, 7) is 4.17. The van der Waals surface area contributed by atoms with Crippen molar-refractivity contribution in [3.05, 3.63) is 52.8 Å². The van der Waals surface area contributed by atoms with Gasteiger partial charge in [0, 0.05) is 5.69 Å². The number of hydrogen-bond donors (Lipinski definition) is 1. The van der Waals surface area contributed by atoms with Gasteiger partial charge >= 0.3 is 5.97 Å². The van der Waals surface area contributed by atoms with E-state index in [0.717, 1.165) is 29.8 Å². The summed E-state index contributed by atoms with van der Waals surface area (Å²) >= 11 is 2.18. The average molecular weight is 413 g/mol. The van der Waals surface area contributed by atoms with Crippen molar-refractivity contribution in [1.29, 1.82) is 0 Å². The number of aryl methyl sites for hydroxylation is 3. The molecule has 0 saturated carbocycles. The average Bonchev–Trinajstić information content (AvgIpc) is 2.87. The topological polar surface area (TPSA) is 51.3 Å². The zero-order valence-electron chi connectivity index (χ0n) is 12.8. The molecule has 4 nitrogen and oxygen atoms in total. The number of ether oxygens (including phenoxy) is 2. The molecule has 0 aliphatic heterocycles. The van der Waals surface area contributed by atoms with Gasteiger partial charge in [-0.3, -0.25) is 0 Å². The SMILES string of the molecule is CCOC(=O)c1cc(CCc2cccc(OCI)c2)c(C)[nH]1. The summed E-state index contributed by atoms with van der Waals surface area (Å²) < 4.78 is 11.2. The Morgan fingerprint density at radius 2 is 2.09 bits per heavy atom. The standard InChI is InChI=1S/C17H20INO3/c1-3-21-17(20)16-10-14(12(2)19-16)8-7-13-5-4-6-15(9-13)22-11-18/h4-6,9-10,19H,3,7-8,11H2,1-2H3. The Bertz CT molecular complexity index is 637. The molecule has 0 amide bonds. The largest absolute Gasteiger partial charge is 0.483 e. The van der Waals surface area contributed by atoms with Gasteiger partial charge in [0.2, 0.25) is 0 Å². The third-order valence-corrected chi connectivity index (χ3v) is 3.73. The van der Waals surface area contributed by atoms with Crippen LogP contribution in [0.2, 0.25) is 0 Å². The Kier molecular flexibility index (Phi) is 6.30. The molecule has 0 atom stereocenters. The summed E-state index contributed by atoms with van der Waals surface area (Å²) in [4.78, 5) is 14.8. The van der Waals surface area contributed by atoms with E-state index in [4.69, 9.17) is 9.47 Å². The summed E-state index contributed by atoms with van der Waals surface area (Å²) in [6.07, 6.45) is 1.77. The normalized spacial score (nSPS) is 10.5. The molecule has 22 heavy (non-hydrogen) atoms. The third-order valence-electron chi connectivity index (χ3n) is 3.42. The zero-order valence-corrected chi connectivity index (χ0v) is 15.0. The first-order chi connectivity index (χ1) is 10.6. The smallest absolute Gasteiger partial charge is 0.354 e. The van der Waals surface area contributed by atoms with Crippen molar-refractivity contribution in [2.45, 2.75) is 26.7 Å². The van der Waals surface area contributed by atoms with Crippen LogP contribution in [0.4, 0.5) is 0 Å². The molecule has 1 aromatic heterocycles. The highest BCUT2D eigenvalue weighted by Gasteiger charge is 2.12. The van der Waals surface area contributed by atoms with E-state index in [-0.39, 0.29) is 5.97 Å². The van der Waals surface area contributed by atoms with E-state index in [1.165, 1.54) is 5.56 Å². The van der Waals surface area contributed by atoms with Crippen LogP contribution >= 0.6 is 22.6 Å². The van der Waals surface area contributed by atoms with E-state index < -0.39 is 0 Å². The Morgan fingerprint density at radius 3 is 2.82 bits per heavy atom. The maximum Gasteiger partial charge on any atom is 0.354 e. The van der Waals surface area contributed by atoms with Crippen molar-refractivity contribution in [3.63, 3.8) is 0 Å². The van der Waals surface area contributed by atoms with E-state index in [9.17, 15) is 4.79 Å². The Hall–Kier alpha value is -1.50. The predicted octanol–water partition coefficient (Wildman–Crippen LogP) is 4.06. The van der Waals surface area contributed by atoms with Gasteiger partial charge in [-0.1, -0.05) is 12.1 Å². The fourth-order valence-electron chi connectivity index (χ4n) is 2.31. The lowest BCUT2D eigenvalue weighted by Crippen LogP contribution is -2.04. The molecule has 0 aliphatic rings. The van der Waals surface area contributed by atoms with Crippen molar-refractivity contribution in [2.24, 2.45) is 0 Å². The number of aromatic nitrogens is 1.